The molecule has 0 atom stereocenters. The van der Waals surface area contributed by atoms with E-state index in [2.05, 4.69) is 15.0 Å². The average Bonchev–Trinajstić information content (AvgIpc) is 2.18. The van der Waals surface area contributed by atoms with E-state index in [1.165, 1.54) is 0 Å². The first-order valence-electron chi connectivity index (χ1n) is 3.95. The molecule has 2 N–H and O–H groups in total. The van der Waals surface area contributed by atoms with Gasteiger partial charge in [0.15, 0.2) is 5.82 Å². The van der Waals surface area contributed by atoms with Gasteiger partial charge in [-0.05, 0) is 12.1 Å². The molecule has 0 aliphatic rings. The van der Waals surface area contributed by atoms with Gasteiger partial charge in [0.05, 0.1) is 5.02 Å². The van der Waals surface area contributed by atoms with E-state index in [-0.39, 0.29) is 0 Å². The summed E-state index contributed by atoms with van der Waals surface area (Å²) in [6, 6.07) is 3.37. The Bertz CT molecular complexity index is 415. The van der Waals surface area contributed by atoms with Gasteiger partial charge in [0.2, 0.25) is 0 Å². The highest BCUT2D eigenvalue weighted by molar-refractivity contribution is 6.30. The molecule has 2 rings (SSSR count). The van der Waals surface area contributed by atoms with E-state index in [0.717, 1.165) is 5.56 Å². The van der Waals surface area contributed by atoms with Crippen LogP contribution in [-0.4, -0.2) is 15.0 Å². The predicted octanol–water partition coefficient (Wildman–Crippen LogP) is 1.77. The van der Waals surface area contributed by atoms with Crippen LogP contribution < -0.4 is 5.73 Å². The van der Waals surface area contributed by atoms with Crippen LogP contribution in [0, 0.1) is 0 Å². The molecular weight excluding hydrogens is 200 g/mol. The molecule has 2 aromatic rings. The summed E-state index contributed by atoms with van der Waals surface area (Å²) >= 11 is 5.79. The number of nitrogens with two attached hydrogens (primary N) is 1. The first-order valence-corrected chi connectivity index (χ1v) is 4.33. The highest BCUT2D eigenvalue weighted by Gasteiger charge is 2.01. The molecule has 0 saturated carbocycles. The monoisotopic (exact) mass is 206 g/mol. The molecule has 0 spiro atoms. The summed E-state index contributed by atoms with van der Waals surface area (Å²) in [5.74, 6) is 0.954. The standard InChI is InChI=1S/C9H7ClN4/c10-7-3-6(4-12-5-7)9-13-2-1-8(11)14-9/h1-5H,(H2,11,13,14). The van der Waals surface area contributed by atoms with Gasteiger partial charge in [-0.2, -0.15) is 0 Å². The molecule has 0 fully saturated rings. The van der Waals surface area contributed by atoms with Crippen molar-refractivity contribution in [3.63, 3.8) is 0 Å². The van der Waals surface area contributed by atoms with E-state index < -0.39 is 0 Å². The number of rotatable bonds is 1. The molecule has 0 bridgehead atoms. The summed E-state index contributed by atoms with van der Waals surface area (Å²) in [4.78, 5) is 12.1. The van der Waals surface area contributed by atoms with E-state index in [4.69, 9.17) is 17.3 Å². The second kappa shape index (κ2) is 3.59. The normalized spacial score (nSPS) is 10.1. The topological polar surface area (TPSA) is 64.7 Å². The van der Waals surface area contributed by atoms with Crippen LogP contribution in [-0.2, 0) is 0 Å². The molecule has 14 heavy (non-hydrogen) atoms. The van der Waals surface area contributed by atoms with Crippen molar-refractivity contribution in [2.45, 2.75) is 0 Å². The molecule has 4 nitrogen and oxygen atoms in total. The second-order valence-electron chi connectivity index (χ2n) is 2.70. The molecule has 0 aromatic carbocycles. The van der Waals surface area contributed by atoms with E-state index in [9.17, 15) is 0 Å². The summed E-state index contributed by atoms with van der Waals surface area (Å²) in [5.41, 5.74) is 6.28. The minimum absolute atomic E-state index is 0.426. The summed E-state index contributed by atoms with van der Waals surface area (Å²) in [5, 5.41) is 0.550. The van der Waals surface area contributed by atoms with E-state index in [1.54, 1.807) is 30.7 Å². The average molecular weight is 207 g/mol. The molecule has 0 amide bonds. The van der Waals surface area contributed by atoms with Crippen molar-refractivity contribution >= 4 is 17.4 Å². The largest absolute Gasteiger partial charge is 0.384 e. The Morgan fingerprint density at radius 2 is 2.14 bits per heavy atom. The lowest BCUT2D eigenvalue weighted by Gasteiger charge is -1.99. The number of pyridine rings is 1. The van der Waals surface area contributed by atoms with Crippen LogP contribution in [0.5, 0.6) is 0 Å². The van der Waals surface area contributed by atoms with Crippen LogP contribution in [0.3, 0.4) is 0 Å². The zero-order valence-corrected chi connectivity index (χ0v) is 7.94. The highest BCUT2D eigenvalue weighted by Crippen LogP contribution is 2.17. The molecule has 2 heterocycles. The van der Waals surface area contributed by atoms with Gasteiger partial charge < -0.3 is 5.73 Å². The summed E-state index contributed by atoms with van der Waals surface area (Å²) in [6.45, 7) is 0. The molecule has 70 valence electrons. The molecule has 0 radical (unpaired) electrons. The van der Waals surface area contributed by atoms with Gasteiger partial charge in [-0.25, -0.2) is 9.97 Å². The van der Waals surface area contributed by atoms with Crippen molar-refractivity contribution in [3.8, 4) is 11.4 Å². The molecule has 0 aliphatic carbocycles. The van der Waals surface area contributed by atoms with Crippen LogP contribution in [0.2, 0.25) is 5.02 Å². The third kappa shape index (κ3) is 1.80. The molecule has 5 heteroatoms. The number of anilines is 1. The predicted molar refractivity (Wildman–Crippen MR) is 54.7 cm³/mol. The first-order chi connectivity index (χ1) is 6.75. The SMILES string of the molecule is Nc1ccnc(-c2cncc(Cl)c2)n1. The minimum Gasteiger partial charge on any atom is -0.384 e. The Labute approximate surface area is 85.8 Å². The lowest BCUT2D eigenvalue weighted by molar-refractivity contribution is 1.17. The Kier molecular flexibility index (Phi) is 2.28. The van der Waals surface area contributed by atoms with Crippen LogP contribution in [0.1, 0.15) is 0 Å². The van der Waals surface area contributed by atoms with Crippen molar-refractivity contribution in [2.24, 2.45) is 0 Å². The van der Waals surface area contributed by atoms with Gasteiger partial charge in [-0.1, -0.05) is 11.6 Å². The van der Waals surface area contributed by atoms with Gasteiger partial charge in [0.1, 0.15) is 5.82 Å². The number of hydrogen-bond acceptors (Lipinski definition) is 4. The van der Waals surface area contributed by atoms with Gasteiger partial charge in [-0.15, -0.1) is 0 Å². The van der Waals surface area contributed by atoms with Gasteiger partial charge in [-0.3, -0.25) is 4.98 Å². The summed E-state index contributed by atoms with van der Waals surface area (Å²) < 4.78 is 0. The molecule has 0 aliphatic heterocycles. The Hall–Kier alpha value is -1.68. The maximum atomic E-state index is 5.79. The van der Waals surface area contributed by atoms with Gasteiger partial charge >= 0.3 is 0 Å². The minimum atomic E-state index is 0.426. The fraction of sp³-hybridized carbons (Fsp3) is 0. The zero-order chi connectivity index (χ0) is 9.97. The fourth-order valence-corrected chi connectivity index (χ4v) is 1.22. The number of halogens is 1. The third-order valence-corrected chi connectivity index (χ3v) is 1.85. The van der Waals surface area contributed by atoms with E-state index in [0.29, 0.717) is 16.7 Å². The highest BCUT2D eigenvalue weighted by atomic mass is 35.5. The van der Waals surface area contributed by atoms with Crippen LogP contribution in [0.25, 0.3) is 11.4 Å². The summed E-state index contributed by atoms with van der Waals surface area (Å²) in [6.07, 6.45) is 4.79. The van der Waals surface area contributed by atoms with Crippen molar-refractivity contribution in [1.29, 1.82) is 0 Å². The Morgan fingerprint density at radius 3 is 2.86 bits per heavy atom. The smallest absolute Gasteiger partial charge is 0.163 e. The maximum absolute atomic E-state index is 5.79. The Morgan fingerprint density at radius 1 is 1.29 bits per heavy atom. The van der Waals surface area contributed by atoms with Gasteiger partial charge in [0.25, 0.3) is 0 Å². The molecule has 0 saturated heterocycles. The van der Waals surface area contributed by atoms with Gasteiger partial charge in [0, 0.05) is 24.2 Å². The lowest BCUT2D eigenvalue weighted by atomic mass is 10.2. The first kappa shape index (κ1) is 8.90. The van der Waals surface area contributed by atoms with E-state index in [1.807, 2.05) is 0 Å². The Balaban J connectivity index is 2.49. The lowest BCUT2D eigenvalue weighted by Crippen LogP contribution is -1.94. The fourth-order valence-electron chi connectivity index (χ4n) is 1.05. The maximum Gasteiger partial charge on any atom is 0.163 e. The third-order valence-electron chi connectivity index (χ3n) is 1.64. The molecule has 0 unspecified atom stereocenters. The number of aromatic nitrogens is 3. The van der Waals surface area contributed by atoms with Crippen molar-refractivity contribution in [1.82, 2.24) is 15.0 Å². The molecular formula is C9H7ClN4. The second-order valence-corrected chi connectivity index (χ2v) is 3.13. The van der Waals surface area contributed by atoms with Crippen molar-refractivity contribution in [3.05, 3.63) is 35.7 Å². The van der Waals surface area contributed by atoms with E-state index >= 15 is 0 Å². The van der Waals surface area contributed by atoms with Crippen LogP contribution >= 0.6 is 11.6 Å². The summed E-state index contributed by atoms with van der Waals surface area (Å²) in [7, 11) is 0. The number of nitrogen functional groups attached to an aromatic ring is 1. The van der Waals surface area contributed by atoms with Crippen LogP contribution in [0.4, 0.5) is 5.82 Å². The molecule has 2 aromatic heterocycles. The van der Waals surface area contributed by atoms with Crippen molar-refractivity contribution < 1.29 is 0 Å². The van der Waals surface area contributed by atoms with Crippen molar-refractivity contribution in [2.75, 3.05) is 5.73 Å². The number of nitrogens with zero attached hydrogens (tertiary/aromatic N) is 3. The number of hydrogen-bond donors (Lipinski definition) is 1. The zero-order valence-electron chi connectivity index (χ0n) is 7.18. The van der Waals surface area contributed by atoms with Crippen LogP contribution in [0.15, 0.2) is 30.7 Å². The quantitative estimate of drug-likeness (QED) is 0.773.